The van der Waals surface area contributed by atoms with Crippen molar-refractivity contribution in [1.29, 1.82) is 5.41 Å². The van der Waals surface area contributed by atoms with Crippen molar-refractivity contribution in [3.63, 3.8) is 0 Å². The molecule has 1 fully saturated rings. The minimum atomic E-state index is 0.290. The Bertz CT molecular complexity index is 143. The maximum atomic E-state index is 7.00. The van der Waals surface area contributed by atoms with Crippen LogP contribution in [-0.2, 0) is 4.74 Å². The van der Waals surface area contributed by atoms with Crippen molar-refractivity contribution in [1.82, 2.24) is 0 Å². The maximum Gasteiger partial charge on any atom is 0.0905 e. The molecule has 0 heterocycles. The van der Waals surface area contributed by atoms with E-state index in [0.717, 1.165) is 19.4 Å². The van der Waals surface area contributed by atoms with Gasteiger partial charge in [-0.25, -0.2) is 0 Å². The Labute approximate surface area is 73.8 Å². The maximum absolute atomic E-state index is 7.00. The smallest absolute Gasteiger partial charge is 0.0905 e. The summed E-state index contributed by atoms with van der Waals surface area (Å²) in [5.74, 6) is 0.290. The van der Waals surface area contributed by atoms with Gasteiger partial charge in [0.15, 0.2) is 0 Å². The van der Waals surface area contributed by atoms with Gasteiger partial charge in [0.25, 0.3) is 0 Å². The predicted molar refractivity (Wildman–Crippen MR) is 49.4 cm³/mol. The fourth-order valence-corrected chi connectivity index (χ4v) is 1.20. The lowest BCUT2D eigenvalue weighted by molar-refractivity contribution is 0.000954. The molecule has 3 nitrogen and oxygen atoms in total. The van der Waals surface area contributed by atoms with Crippen LogP contribution in [0.1, 0.15) is 38.5 Å². The normalized spacial score (nSPS) is 17.3. The van der Waals surface area contributed by atoms with Crippen LogP contribution in [-0.4, -0.2) is 18.5 Å². The van der Waals surface area contributed by atoms with Gasteiger partial charge in [-0.2, -0.15) is 0 Å². The Morgan fingerprint density at radius 1 is 1.42 bits per heavy atom. The Balaban J connectivity index is 1.79. The first kappa shape index (κ1) is 9.52. The van der Waals surface area contributed by atoms with E-state index in [1.807, 2.05) is 0 Å². The van der Waals surface area contributed by atoms with Crippen LogP contribution in [0, 0.1) is 5.41 Å². The Hall–Kier alpha value is -0.570. The largest absolute Gasteiger partial charge is 0.388 e. The summed E-state index contributed by atoms with van der Waals surface area (Å²) in [4.78, 5) is 0. The van der Waals surface area contributed by atoms with E-state index in [2.05, 4.69) is 0 Å². The molecule has 1 rings (SSSR count). The molecule has 12 heavy (non-hydrogen) atoms. The van der Waals surface area contributed by atoms with Gasteiger partial charge in [-0.3, -0.25) is 5.41 Å². The van der Waals surface area contributed by atoms with Crippen LogP contribution < -0.4 is 5.73 Å². The zero-order valence-electron chi connectivity index (χ0n) is 7.51. The summed E-state index contributed by atoms with van der Waals surface area (Å²) in [7, 11) is 0. The SMILES string of the molecule is N=C(N)CCCCOC1CCC1. The van der Waals surface area contributed by atoms with Gasteiger partial charge < -0.3 is 10.5 Å². The highest BCUT2D eigenvalue weighted by Crippen LogP contribution is 2.21. The molecule has 0 aliphatic heterocycles. The standard InChI is InChI=1S/C9H18N2O/c10-9(11)6-1-2-7-12-8-4-3-5-8/h8H,1-7H2,(H3,10,11). The molecule has 0 radical (unpaired) electrons. The number of ether oxygens (including phenoxy) is 1. The van der Waals surface area contributed by atoms with E-state index < -0.39 is 0 Å². The molecular formula is C9H18N2O. The first-order chi connectivity index (χ1) is 5.79. The molecular weight excluding hydrogens is 152 g/mol. The number of nitrogens with two attached hydrogens (primary N) is 1. The number of hydrogen-bond donors (Lipinski definition) is 2. The molecule has 1 saturated carbocycles. The van der Waals surface area contributed by atoms with Crippen LogP contribution in [0.5, 0.6) is 0 Å². The van der Waals surface area contributed by atoms with Gasteiger partial charge in [-0.1, -0.05) is 0 Å². The highest BCUT2D eigenvalue weighted by atomic mass is 16.5. The van der Waals surface area contributed by atoms with Crippen LogP contribution >= 0.6 is 0 Å². The van der Waals surface area contributed by atoms with Crippen molar-refractivity contribution < 1.29 is 4.74 Å². The topological polar surface area (TPSA) is 59.1 Å². The predicted octanol–water partition coefficient (Wildman–Crippen LogP) is 1.66. The van der Waals surface area contributed by atoms with Gasteiger partial charge in [0.2, 0.25) is 0 Å². The fourth-order valence-electron chi connectivity index (χ4n) is 1.20. The number of amidine groups is 1. The van der Waals surface area contributed by atoms with Crippen LogP contribution in [0.25, 0.3) is 0 Å². The lowest BCUT2D eigenvalue weighted by Gasteiger charge is -2.25. The summed E-state index contributed by atoms with van der Waals surface area (Å²) in [5, 5.41) is 7.00. The number of nitrogens with one attached hydrogen (secondary N) is 1. The summed E-state index contributed by atoms with van der Waals surface area (Å²) in [6, 6.07) is 0. The average molecular weight is 170 g/mol. The third-order valence-electron chi connectivity index (χ3n) is 2.25. The molecule has 0 aromatic rings. The summed E-state index contributed by atoms with van der Waals surface area (Å²) in [6.07, 6.45) is 7.10. The summed E-state index contributed by atoms with van der Waals surface area (Å²) < 4.78 is 5.55. The minimum Gasteiger partial charge on any atom is -0.388 e. The lowest BCUT2D eigenvalue weighted by atomic mass is 9.96. The Morgan fingerprint density at radius 2 is 2.17 bits per heavy atom. The molecule has 3 N–H and O–H groups in total. The molecule has 1 aliphatic rings. The average Bonchev–Trinajstić information content (AvgIpc) is 1.92. The molecule has 0 amide bonds. The molecule has 0 unspecified atom stereocenters. The van der Waals surface area contributed by atoms with Crippen LogP contribution in [0.3, 0.4) is 0 Å². The van der Waals surface area contributed by atoms with Gasteiger partial charge in [-0.05, 0) is 32.1 Å². The molecule has 0 atom stereocenters. The van der Waals surface area contributed by atoms with Crippen molar-refractivity contribution in [3.05, 3.63) is 0 Å². The van der Waals surface area contributed by atoms with Gasteiger partial charge in [0, 0.05) is 13.0 Å². The van der Waals surface area contributed by atoms with Gasteiger partial charge in [0.05, 0.1) is 11.9 Å². The zero-order chi connectivity index (χ0) is 8.81. The summed E-state index contributed by atoms with van der Waals surface area (Å²) in [5.41, 5.74) is 5.21. The van der Waals surface area contributed by atoms with Gasteiger partial charge in [-0.15, -0.1) is 0 Å². The molecule has 0 bridgehead atoms. The second-order valence-electron chi connectivity index (χ2n) is 3.41. The van der Waals surface area contributed by atoms with Gasteiger partial charge >= 0.3 is 0 Å². The minimum absolute atomic E-state index is 0.290. The van der Waals surface area contributed by atoms with Crippen LogP contribution in [0.2, 0.25) is 0 Å². The third kappa shape index (κ3) is 3.72. The zero-order valence-corrected chi connectivity index (χ0v) is 7.51. The van der Waals surface area contributed by atoms with Crippen LogP contribution in [0.15, 0.2) is 0 Å². The van der Waals surface area contributed by atoms with E-state index in [9.17, 15) is 0 Å². The molecule has 0 aromatic heterocycles. The number of unbranched alkanes of at least 4 members (excludes halogenated alkanes) is 1. The monoisotopic (exact) mass is 170 g/mol. The Morgan fingerprint density at radius 3 is 2.67 bits per heavy atom. The van der Waals surface area contributed by atoms with E-state index in [1.54, 1.807) is 0 Å². The van der Waals surface area contributed by atoms with Crippen molar-refractivity contribution in [2.24, 2.45) is 5.73 Å². The van der Waals surface area contributed by atoms with Crippen molar-refractivity contribution in [2.75, 3.05) is 6.61 Å². The van der Waals surface area contributed by atoms with Gasteiger partial charge in [0.1, 0.15) is 0 Å². The number of rotatable bonds is 6. The molecule has 0 saturated heterocycles. The number of hydrogen-bond acceptors (Lipinski definition) is 2. The highest BCUT2D eigenvalue weighted by Gasteiger charge is 2.16. The summed E-state index contributed by atoms with van der Waals surface area (Å²) >= 11 is 0. The van der Waals surface area contributed by atoms with Crippen molar-refractivity contribution in [3.8, 4) is 0 Å². The van der Waals surface area contributed by atoms with Crippen LogP contribution in [0.4, 0.5) is 0 Å². The second-order valence-corrected chi connectivity index (χ2v) is 3.41. The first-order valence-electron chi connectivity index (χ1n) is 4.73. The first-order valence-corrected chi connectivity index (χ1v) is 4.73. The lowest BCUT2D eigenvalue weighted by Crippen LogP contribution is -2.22. The molecule has 1 aliphatic carbocycles. The summed E-state index contributed by atoms with van der Waals surface area (Å²) in [6.45, 7) is 0.845. The quantitative estimate of drug-likeness (QED) is 0.362. The third-order valence-corrected chi connectivity index (χ3v) is 2.25. The van der Waals surface area contributed by atoms with E-state index in [-0.39, 0.29) is 0 Å². The second kappa shape index (κ2) is 5.14. The highest BCUT2D eigenvalue weighted by molar-refractivity contribution is 5.76. The van der Waals surface area contributed by atoms with E-state index >= 15 is 0 Å². The van der Waals surface area contributed by atoms with Crippen molar-refractivity contribution in [2.45, 2.75) is 44.6 Å². The molecule has 3 heteroatoms. The molecule has 70 valence electrons. The van der Waals surface area contributed by atoms with E-state index in [0.29, 0.717) is 18.4 Å². The fraction of sp³-hybridized carbons (Fsp3) is 0.889. The molecule has 0 aromatic carbocycles. The van der Waals surface area contributed by atoms with E-state index in [1.165, 1.54) is 19.3 Å². The van der Waals surface area contributed by atoms with Crippen molar-refractivity contribution >= 4 is 5.84 Å². The Kier molecular flexibility index (Phi) is 4.08. The van der Waals surface area contributed by atoms with E-state index in [4.69, 9.17) is 15.9 Å². The molecule has 0 spiro atoms.